The summed E-state index contributed by atoms with van der Waals surface area (Å²) in [5, 5.41) is 19.8. The summed E-state index contributed by atoms with van der Waals surface area (Å²) in [5.41, 5.74) is 4.46. The Morgan fingerprint density at radius 1 is 1.07 bits per heavy atom. The summed E-state index contributed by atoms with van der Waals surface area (Å²) in [4.78, 5) is 0. The van der Waals surface area contributed by atoms with Gasteiger partial charge in [0.25, 0.3) is 0 Å². The highest BCUT2D eigenvalue weighted by molar-refractivity contribution is 5.87. The van der Waals surface area contributed by atoms with E-state index in [4.69, 9.17) is 4.74 Å². The van der Waals surface area contributed by atoms with E-state index in [1.807, 2.05) is 71.1 Å². The number of hydrogen-bond donors (Lipinski definition) is 1. The Morgan fingerprint density at radius 3 is 2.62 bits per heavy atom. The van der Waals surface area contributed by atoms with E-state index in [0.717, 1.165) is 33.6 Å². The zero-order valence-corrected chi connectivity index (χ0v) is 17.3. The summed E-state index contributed by atoms with van der Waals surface area (Å²) in [7, 11) is 1.92. The molecule has 0 aliphatic carbocycles. The summed E-state index contributed by atoms with van der Waals surface area (Å²) in [6.07, 6.45) is 1.84. The molecule has 0 saturated heterocycles. The highest BCUT2D eigenvalue weighted by Crippen LogP contribution is 2.30. The molecule has 2 heterocycles. The van der Waals surface area contributed by atoms with Gasteiger partial charge in [-0.15, -0.1) is 0 Å². The monoisotopic (exact) mass is 390 g/mol. The van der Waals surface area contributed by atoms with Crippen LogP contribution in [0.3, 0.4) is 0 Å². The smallest absolute Gasteiger partial charge is 0.119 e. The van der Waals surface area contributed by atoms with Crippen LogP contribution >= 0.6 is 0 Å². The second-order valence-electron chi connectivity index (χ2n) is 8.45. The predicted octanol–water partition coefficient (Wildman–Crippen LogP) is 4.34. The van der Waals surface area contributed by atoms with E-state index in [2.05, 4.69) is 31.0 Å². The van der Waals surface area contributed by atoms with Crippen molar-refractivity contribution >= 4 is 10.9 Å². The molecule has 0 radical (unpaired) electrons. The Kier molecular flexibility index (Phi) is 4.88. The van der Waals surface area contributed by atoms with E-state index >= 15 is 0 Å². The van der Waals surface area contributed by atoms with E-state index < -0.39 is 0 Å². The maximum Gasteiger partial charge on any atom is 0.119 e. The fourth-order valence-electron chi connectivity index (χ4n) is 3.32. The molecule has 4 aromatic rings. The van der Waals surface area contributed by atoms with Crippen LogP contribution in [0, 0.1) is 5.41 Å². The maximum atomic E-state index is 9.71. The molecular weight excluding hydrogens is 364 g/mol. The minimum Gasteiger partial charge on any atom is -0.493 e. The lowest BCUT2D eigenvalue weighted by Crippen LogP contribution is -2.16. The number of nitrogens with zero attached hydrogens (tertiary/aromatic N) is 4. The lowest BCUT2D eigenvalue weighted by Gasteiger charge is -2.19. The molecule has 0 amide bonds. The third-order valence-electron chi connectivity index (χ3n) is 4.69. The Labute approximate surface area is 170 Å². The third-order valence-corrected chi connectivity index (χ3v) is 4.69. The highest BCUT2D eigenvalue weighted by atomic mass is 16.5. The molecule has 6 nitrogen and oxygen atoms in total. The zero-order chi connectivity index (χ0) is 20.6. The van der Waals surface area contributed by atoms with Crippen LogP contribution in [0.2, 0.25) is 0 Å². The SMILES string of the molecule is Cn1ncc2cccc(-n3nc(CO)cc3-c3cccc(OCC(C)(C)C)c3)c21. The minimum absolute atomic E-state index is 0.0804. The Hall–Kier alpha value is -3.12. The van der Waals surface area contributed by atoms with Gasteiger partial charge in [0, 0.05) is 18.0 Å². The average molecular weight is 390 g/mol. The normalized spacial score (nSPS) is 11.9. The van der Waals surface area contributed by atoms with Crippen LogP contribution in [0.1, 0.15) is 26.5 Å². The van der Waals surface area contributed by atoms with Crippen molar-refractivity contribution in [2.24, 2.45) is 12.5 Å². The van der Waals surface area contributed by atoms with E-state index in [-0.39, 0.29) is 12.0 Å². The van der Waals surface area contributed by atoms with Gasteiger partial charge in [-0.05, 0) is 29.7 Å². The number of aliphatic hydroxyl groups excluding tert-OH is 1. The Bertz CT molecular complexity index is 1150. The zero-order valence-electron chi connectivity index (χ0n) is 17.3. The minimum atomic E-state index is -0.123. The van der Waals surface area contributed by atoms with Crippen molar-refractivity contribution in [3.63, 3.8) is 0 Å². The molecule has 0 aliphatic heterocycles. The van der Waals surface area contributed by atoms with E-state index in [0.29, 0.717) is 12.3 Å². The highest BCUT2D eigenvalue weighted by Gasteiger charge is 2.17. The van der Waals surface area contributed by atoms with Gasteiger partial charge in [-0.1, -0.05) is 45.0 Å². The van der Waals surface area contributed by atoms with Crippen LogP contribution in [0.4, 0.5) is 0 Å². The van der Waals surface area contributed by atoms with Crippen LogP contribution < -0.4 is 4.74 Å². The fraction of sp³-hybridized carbons (Fsp3) is 0.304. The van der Waals surface area contributed by atoms with Gasteiger partial charge in [-0.3, -0.25) is 4.68 Å². The molecule has 2 aromatic heterocycles. The lowest BCUT2D eigenvalue weighted by molar-refractivity contribution is 0.198. The van der Waals surface area contributed by atoms with Gasteiger partial charge in [-0.25, -0.2) is 4.68 Å². The molecule has 29 heavy (non-hydrogen) atoms. The average Bonchev–Trinajstić information content (AvgIpc) is 3.30. The number of hydrogen-bond acceptors (Lipinski definition) is 4. The Balaban J connectivity index is 1.82. The quantitative estimate of drug-likeness (QED) is 0.550. The number of para-hydroxylation sites is 1. The molecule has 0 spiro atoms. The summed E-state index contributed by atoms with van der Waals surface area (Å²) in [6, 6.07) is 15.9. The van der Waals surface area contributed by atoms with Gasteiger partial charge in [0.05, 0.1) is 42.0 Å². The van der Waals surface area contributed by atoms with Gasteiger partial charge in [0.15, 0.2) is 0 Å². The number of aliphatic hydroxyl groups is 1. The van der Waals surface area contributed by atoms with Crippen LogP contribution in [0.25, 0.3) is 27.8 Å². The molecular formula is C23H26N4O2. The molecule has 1 N–H and O–H groups in total. The largest absolute Gasteiger partial charge is 0.493 e. The molecule has 150 valence electrons. The van der Waals surface area contributed by atoms with Gasteiger partial charge in [0.2, 0.25) is 0 Å². The number of fused-ring (bicyclic) bond motifs is 1. The molecule has 4 rings (SSSR count). The topological polar surface area (TPSA) is 65.1 Å². The molecule has 0 aliphatic rings. The number of rotatable bonds is 5. The lowest BCUT2D eigenvalue weighted by atomic mass is 9.99. The summed E-state index contributed by atoms with van der Waals surface area (Å²) in [6.45, 7) is 6.95. The van der Waals surface area contributed by atoms with Gasteiger partial charge < -0.3 is 9.84 Å². The van der Waals surface area contributed by atoms with Crippen LogP contribution in [0.15, 0.2) is 54.7 Å². The van der Waals surface area contributed by atoms with Crippen molar-refractivity contribution in [2.75, 3.05) is 6.61 Å². The first-order chi connectivity index (χ1) is 13.9. The van der Waals surface area contributed by atoms with Crippen LogP contribution in [0.5, 0.6) is 5.75 Å². The van der Waals surface area contributed by atoms with E-state index in [9.17, 15) is 5.11 Å². The van der Waals surface area contributed by atoms with Crippen molar-refractivity contribution in [3.8, 4) is 22.7 Å². The fourth-order valence-corrected chi connectivity index (χ4v) is 3.32. The standard InChI is InChI=1S/C23H26N4O2/c1-23(2,3)15-29-19-9-5-7-16(11-19)21-12-18(14-28)25-27(21)20-10-6-8-17-13-24-26(4)22(17)20/h5-13,28H,14-15H2,1-4H3. The molecule has 0 atom stereocenters. The third kappa shape index (κ3) is 3.89. The van der Waals surface area contributed by atoms with Crippen molar-refractivity contribution in [1.29, 1.82) is 0 Å². The van der Waals surface area contributed by atoms with Gasteiger partial charge >= 0.3 is 0 Å². The second-order valence-corrected chi connectivity index (χ2v) is 8.45. The van der Waals surface area contributed by atoms with Gasteiger partial charge in [-0.2, -0.15) is 10.2 Å². The predicted molar refractivity (Wildman–Crippen MR) is 114 cm³/mol. The first-order valence-electron chi connectivity index (χ1n) is 9.70. The Morgan fingerprint density at radius 2 is 1.86 bits per heavy atom. The molecule has 6 heteroatoms. The summed E-state index contributed by atoms with van der Waals surface area (Å²) in [5.74, 6) is 0.814. The first-order valence-corrected chi connectivity index (χ1v) is 9.70. The number of aryl methyl sites for hydroxylation is 1. The second kappa shape index (κ2) is 7.37. The van der Waals surface area contributed by atoms with Gasteiger partial charge in [0.1, 0.15) is 5.75 Å². The summed E-state index contributed by atoms with van der Waals surface area (Å²) < 4.78 is 9.71. The van der Waals surface area contributed by atoms with Crippen molar-refractivity contribution < 1.29 is 9.84 Å². The number of benzene rings is 2. The molecule has 0 bridgehead atoms. The molecule has 0 fully saturated rings. The van der Waals surface area contributed by atoms with Crippen LogP contribution in [-0.4, -0.2) is 31.3 Å². The number of aromatic nitrogens is 4. The molecule has 0 unspecified atom stereocenters. The molecule has 2 aromatic carbocycles. The van der Waals surface area contributed by atoms with Crippen molar-refractivity contribution in [2.45, 2.75) is 27.4 Å². The molecule has 0 saturated carbocycles. The van der Waals surface area contributed by atoms with E-state index in [1.165, 1.54) is 0 Å². The van der Waals surface area contributed by atoms with Crippen molar-refractivity contribution in [1.82, 2.24) is 19.6 Å². The number of ether oxygens (including phenoxy) is 1. The maximum absolute atomic E-state index is 9.71. The first kappa shape index (κ1) is 19.2. The van der Waals surface area contributed by atoms with Crippen molar-refractivity contribution in [3.05, 3.63) is 60.4 Å². The summed E-state index contributed by atoms with van der Waals surface area (Å²) >= 11 is 0. The van der Waals surface area contributed by atoms with Crippen LogP contribution in [-0.2, 0) is 13.7 Å². The van der Waals surface area contributed by atoms with E-state index in [1.54, 1.807) is 0 Å².